The monoisotopic (exact) mass is 372 g/mol. The minimum Gasteiger partial charge on any atom is -0.399 e. The first-order valence-electron chi connectivity index (χ1n) is 8.45. The van der Waals surface area contributed by atoms with Crippen molar-refractivity contribution in [2.75, 3.05) is 10.6 Å². The lowest BCUT2D eigenvalue weighted by atomic mass is 9.79. The van der Waals surface area contributed by atoms with Crippen LogP contribution < -0.4 is 16.1 Å². The molecule has 0 atom stereocenters. The zero-order chi connectivity index (χ0) is 18.9. The minimum atomic E-state index is -0.422. The maximum atomic E-state index is 12.1. The molecule has 0 aliphatic carbocycles. The highest BCUT2D eigenvalue weighted by molar-refractivity contribution is 6.62. The van der Waals surface area contributed by atoms with Crippen LogP contribution in [0.25, 0.3) is 0 Å². The van der Waals surface area contributed by atoms with E-state index in [9.17, 15) is 4.79 Å². The maximum Gasteiger partial charge on any atom is 0.494 e. The summed E-state index contributed by atoms with van der Waals surface area (Å²) in [6, 6.07) is 14.0. The number of anilines is 2. The van der Waals surface area contributed by atoms with Crippen LogP contribution in [0.3, 0.4) is 0 Å². The Bertz CT molecular complexity index is 793. The van der Waals surface area contributed by atoms with Crippen LogP contribution in [-0.2, 0) is 9.31 Å². The van der Waals surface area contributed by atoms with E-state index in [1.54, 1.807) is 24.3 Å². The van der Waals surface area contributed by atoms with Gasteiger partial charge < -0.3 is 19.9 Å². The molecule has 0 spiro atoms. The summed E-state index contributed by atoms with van der Waals surface area (Å²) in [7, 11) is -0.422. The van der Waals surface area contributed by atoms with Gasteiger partial charge in [-0.25, -0.2) is 4.79 Å². The average Bonchev–Trinajstić information content (AvgIpc) is 2.76. The lowest BCUT2D eigenvalue weighted by molar-refractivity contribution is 0.00578. The molecule has 1 fully saturated rings. The maximum absolute atomic E-state index is 12.1. The Morgan fingerprint density at radius 3 is 2.08 bits per heavy atom. The Labute approximate surface area is 159 Å². The molecule has 1 aliphatic heterocycles. The smallest absolute Gasteiger partial charge is 0.399 e. The highest BCUT2D eigenvalue weighted by atomic mass is 35.5. The van der Waals surface area contributed by atoms with E-state index in [1.807, 2.05) is 52.0 Å². The predicted molar refractivity (Wildman–Crippen MR) is 106 cm³/mol. The molecule has 1 heterocycles. The number of halogens is 1. The summed E-state index contributed by atoms with van der Waals surface area (Å²) >= 11 is 5.91. The Morgan fingerprint density at radius 1 is 0.923 bits per heavy atom. The molecule has 0 bridgehead atoms. The number of carbonyl (C=O) groups is 1. The van der Waals surface area contributed by atoms with Crippen LogP contribution in [0.2, 0.25) is 5.02 Å². The topological polar surface area (TPSA) is 59.6 Å². The van der Waals surface area contributed by atoms with Gasteiger partial charge in [0.05, 0.1) is 11.2 Å². The normalized spacial score (nSPS) is 17.8. The molecule has 0 radical (unpaired) electrons. The Hall–Kier alpha value is -2.02. The first kappa shape index (κ1) is 18.8. The second kappa shape index (κ2) is 6.95. The molecule has 1 aliphatic rings. The van der Waals surface area contributed by atoms with Gasteiger partial charge in [0.2, 0.25) is 0 Å². The van der Waals surface area contributed by atoms with E-state index in [0.717, 1.165) is 5.46 Å². The number of benzene rings is 2. The van der Waals surface area contributed by atoms with Gasteiger partial charge in [0.1, 0.15) is 0 Å². The van der Waals surface area contributed by atoms with Crippen molar-refractivity contribution in [3.8, 4) is 0 Å². The van der Waals surface area contributed by atoms with E-state index in [0.29, 0.717) is 16.4 Å². The van der Waals surface area contributed by atoms with Crippen molar-refractivity contribution in [2.45, 2.75) is 38.9 Å². The number of carbonyl (C=O) groups excluding carboxylic acids is 1. The third-order valence-electron chi connectivity index (χ3n) is 4.78. The molecule has 7 heteroatoms. The van der Waals surface area contributed by atoms with Crippen molar-refractivity contribution in [1.29, 1.82) is 0 Å². The molecule has 5 nitrogen and oxygen atoms in total. The van der Waals surface area contributed by atoms with Crippen LogP contribution in [0.5, 0.6) is 0 Å². The molecular formula is C19H22BClN2O3. The van der Waals surface area contributed by atoms with Crippen molar-refractivity contribution < 1.29 is 14.1 Å². The summed E-state index contributed by atoms with van der Waals surface area (Å²) < 4.78 is 12.1. The highest BCUT2D eigenvalue weighted by Gasteiger charge is 2.51. The lowest BCUT2D eigenvalue weighted by Gasteiger charge is -2.32. The number of rotatable bonds is 3. The first-order valence-corrected chi connectivity index (χ1v) is 8.83. The number of amides is 2. The van der Waals surface area contributed by atoms with Gasteiger partial charge in [-0.05, 0) is 63.5 Å². The van der Waals surface area contributed by atoms with Gasteiger partial charge in [0.25, 0.3) is 0 Å². The molecule has 26 heavy (non-hydrogen) atoms. The van der Waals surface area contributed by atoms with E-state index in [-0.39, 0.29) is 17.2 Å². The zero-order valence-electron chi connectivity index (χ0n) is 15.3. The molecule has 0 saturated carbocycles. The van der Waals surface area contributed by atoms with E-state index < -0.39 is 7.12 Å². The van der Waals surface area contributed by atoms with Crippen molar-refractivity contribution in [3.05, 3.63) is 53.6 Å². The van der Waals surface area contributed by atoms with Gasteiger partial charge in [-0.1, -0.05) is 29.8 Å². The summed E-state index contributed by atoms with van der Waals surface area (Å²) in [5, 5.41) is 6.09. The van der Waals surface area contributed by atoms with E-state index in [1.165, 1.54) is 0 Å². The van der Waals surface area contributed by atoms with Crippen LogP contribution in [0.4, 0.5) is 16.2 Å². The molecule has 0 unspecified atom stereocenters. The van der Waals surface area contributed by atoms with Crippen molar-refractivity contribution >= 4 is 41.6 Å². The molecular weight excluding hydrogens is 350 g/mol. The molecule has 2 N–H and O–H groups in total. The van der Waals surface area contributed by atoms with Crippen LogP contribution in [0.15, 0.2) is 48.5 Å². The Balaban J connectivity index is 1.62. The fourth-order valence-corrected chi connectivity index (χ4v) is 2.75. The van der Waals surface area contributed by atoms with Crippen molar-refractivity contribution in [1.82, 2.24) is 0 Å². The number of nitrogens with one attached hydrogen (secondary N) is 2. The van der Waals surface area contributed by atoms with Crippen LogP contribution in [0, 0.1) is 0 Å². The van der Waals surface area contributed by atoms with Crippen LogP contribution in [-0.4, -0.2) is 24.4 Å². The number of hydrogen-bond acceptors (Lipinski definition) is 3. The van der Waals surface area contributed by atoms with Crippen LogP contribution in [0.1, 0.15) is 27.7 Å². The molecule has 2 amide bonds. The summed E-state index contributed by atoms with van der Waals surface area (Å²) in [6.07, 6.45) is 0. The first-order chi connectivity index (χ1) is 12.2. The fraction of sp³-hybridized carbons (Fsp3) is 0.316. The summed E-state index contributed by atoms with van der Waals surface area (Å²) in [5.74, 6) is 0. The van der Waals surface area contributed by atoms with E-state index >= 15 is 0 Å². The third kappa shape index (κ3) is 4.03. The molecule has 136 valence electrons. The minimum absolute atomic E-state index is 0.337. The predicted octanol–water partition coefficient (Wildman–Crippen LogP) is 4.28. The quantitative estimate of drug-likeness (QED) is 0.790. The van der Waals surface area contributed by atoms with E-state index in [2.05, 4.69) is 10.6 Å². The second-order valence-corrected chi connectivity index (χ2v) is 7.74. The Morgan fingerprint density at radius 2 is 1.50 bits per heavy atom. The van der Waals surface area contributed by atoms with Crippen LogP contribution >= 0.6 is 11.6 Å². The van der Waals surface area contributed by atoms with Gasteiger partial charge >= 0.3 is 13.1 Å². The summed E-state index contributed by atoms with van der Waals surface area (Å²) in [6.45, 7) is 8.07. The van der Waals surface area contributed by atoms with Gasteiger partial charge in [-0.3, -0.25) is 0 Å². The lowest BCUT2D eigenvalue weighted by Crippen LogP contribution is -2.41. The van der Waals surface area contributed by atoms with Gasteiger partial charge in [-0.15, -0.1) is 0 Å². The SMILES string of the molecule is CC1(C)OB(c2ccc(NC(=O)Nc3cccc(Cl)c3)cc2)OC1(C)C. The molecule has 1 saturated heterocycles. The fourth-order valence-electron chi connectivity index (χ4n) is 2.56. The van der Waals surface area contributed by atoms with Crippen molar-refractivity contribution in [3.63, 3.8) is 0 Å². The van der Waals surface area contributed by atoms with E-state index in [4.69, 9.17) is 20.9 Å². The highest BCUT2D eigenvalue weighted by Crippen LogP contribution is 2.36. The van der Waals surface area contributed by atoms with Crippen molar-refractivity contribution in [2.24, 2.45) is 0 Å². The van der Waals surface area contributed by atoms with Gasteiger partial charge in [0, 0.05) is 16.4 Å². The standard InChI is InChI=1S/C19H22BClN2O3/c1-18(2)19(3,4)26-20(25-18)13-8-10-15(11-9-13)22-17(24)23-16-7-5-6-14(21)12-16/h5-12H,1-4H3,(H2,22,23,24). The summed E-state index contributed by atoms with van der Waals surface area (Å²) in [4.78, 5) is 12.1. The Kier molecular flexibility index (Phi) is 5.02. The number of hydrogen-bond donors (Lipinski definition) is 2. The average molecular weight is 373 g/mol. The largest absolute Gasteiger partial charge is 0.494 e. The van der Waals surface area contributed by atoms with Gasteiger partial charge in [-0.2, -0.15) is 0 Å². The zero-order valence-corrected chi connectivity index (χ0v) is 16.1. The molecule has 0 aromatic heterocycles. The third-order valence-corrected chi connectivity index (χ3v) is 5.01. The molecule has 2 aromatic carbocycles. The molecule has 3 rings (SSSR count). The number of urea groups is 1. The summed E-state index contributed by atoms with van der Waals surface area (Å²) in [5.41, 5.74) is 1.44. The second-order valence-electron chi connectivity index (χ2n) is 7.30. The molecule has 2 aromatic rings. The van der Waals surface area contributed by atoms with Gasteiger partial charge in [0.15, 0.2) is 0 Å².